The number of amides is 1. The van der Waals surface area contributed by atoms with Gasteiger partial charge in [0.25, 0.3) is 5.91 Å². The molecule has 0 aliphatic carbocycles. The van der Waals surface area contributed by atoms with Crippen LogP contribution >= 0.6 is 11.6 Å². The Kier molecular flexibility index (Phi) is 6.53. The molecule has 138 valence electrons. The average molecular weight is 370 g/mol. The van der Waals surface area contributed by atoms with Crippen LogP contribution in [0.1, 0.15) is 43.5 Å². The molecule has 1 amide bonds. The molecule has 1 heterocycles. The number of hydrogen-bond donors (Lipinski definition) is 1. The van der Waals surface area contributed by atoms with Crippen LogP contribution in [0.25, 0.3) is 0 Å². The van der Waals surface area contributed by atoms with Crippen molar-refractivity contribution in [3.05, 3.63) is 22.7 Å². The molecule has 25 heavy (non-hydrogen) atoms. The third kappa shape index (κ3) is 4.57. The SMILES string of the molecule is COc1cc(C(=O)N2CCCC2C(=O)O)cc(Cl)c1OCCC(C)C. The van der Waals surface area contributed by atoms with Gasteiger partial charge in [0.2, 0.25) is 0 Å². The minimum absolute atomic E-state index is 0.275. The van der Waals surface area contributed by atoms with Crippen LogP contribution in [0.3, 0.4) is 0 Å². The van der Waals surface area contributed by atoms with Gasteiger partial charge in [0.05, 0.1) is 18.7 Å². The van der Waals surface area contributed by atoms with Crippen molar-refractivity contribution in [2.24, 2.45) is 5.92 Å². The van der Waals surface area contributed by atoms with Crippen LogP contribution in [0.5, 0.6) is 11.5 Å². The molecule has 1 aromatic rings. The topological polar surface area (TPSA) is 76.1 Å². The first-order chi connectivity index (χ1) is 11.8. The number of nitrogens with zero attached hydrogens (tertiary/aromatic N) is 1. The lowest BCUT2D eigenvalue weighted by atomic mass is 10.1. The van der Waals surface area contributed by atoms with E-state index in [9.17, 15) is 14.7 Å². The smallest absolute Gasteiger partial charge is 0.326 e. The normalized spacial score (nSPS) is 17.0. The fourth-order valence-corrected chi connectivity index (χ4v) is 3.08. The van der Waals surface area contributed by atoms with Gasteiger partial charge in [-0.3, -0.25) is 4.79 Å². The van der Waals surface area contributed by atoms with E-state index in [2.05, 4.69) is 13.8 Å². The number of rotatable bonds is 7. The molecule has 1 unspecified atom stereocenters. The maximum absolute atomic E-state index is 12.7. The van der Waals surface area contributed by atoms with Crippen molar-refractivity contribution >= 4 is 23.5 Å². The lowest BCUT2D eigenvalue weighted by Crippen LogP contribution is -2.40. The molecule has 1 aliphatic heterocycles. The van der Waals surface area contributed by atoms with Gasteiger partial charge in [0.15, 0.2) is 11.5 Å². The van der Waals surface area contributed by atoms with E-state index in [1.165, 1.54) is 18.1 Å². The van der Waals surface area contributed by atoms with Crippen LogP contribution in [0.2, 0.25) is 5.02 Å². The lowest BCUT2D eigenvalue weighted by molar-refractivity contribution is -0.141. The zero-order valence-electron chi connectivity index (χ0n) is 14.8. The molecular formula is C18H24ClNO5. The number of carbonyl (C=O) groups is 2. The first-order valence-corrected chi connectivity index (χ1v) is 8.77. The summed E-state index contributed by atoms with van der Waals surface area (Å²) in [7, 11) is 1.48. The van der Waals surface area contributed by atoms with Crippen LogP contribution in [0, 0.1) is 5.92 Å². The van der Waals surface area contributed by atoms with Gasteiger partial charge < -0.3 is 19.5 Å². The van der Waals surface area contributed by atoms with Crippen LogP contribution in [-0.2, 0) is 4.79 Å². The van der Waals surface area contributed by atoms with Crippen molar-refractivity contribution in [2.75, 3.05) is 20.3 Å². The van der Waals surface area contributed by atoms with Gasteiger partial charge >= 0.3 is 5.97 Å². The first-order valence-electron chi connectivity index (χ1n) is 8.39. The van der Waals surface area contributed by atoms with Crippen LogP contribution in [0.15, 0.2) is 12.1 Å². The van der Waals surface area contributed by atoms with Crippen molar-refractivity contribution < 1.29 is 24.2 Å². The Morgan fingerprint density at radius 1 is 1.40 bits per heavy atom. The molecule has 1 saturated heterocycles. The zero-order chi connectivity index (χ0) is 18.6. The monoisotopic (exact) mass is 369 g/mol. The Hall–Kier alpha value is -1.95. The molecular weight excluding hydrogens is 346 g/mol. The minimum Gasteiger partial charge on any atom is -0.493 e. The molecule has 6 nitrogen and oxygen atoms in total. The average Bonchev–Trinajstić information content (AvgIpc) is 3.04. The Morgan fingerprint density at radius 3 is 2.72 bits per heavy atom. The number of ether oxygens (including phenoxy) is 2. The van der Waals surface area contributed by atoms with Gasteiger partial charge in [-0.1, -0.05) is 25.4 Å². The summed E-state index contributed by atoms with van der Waals surface area (Å²) in [6.07, 6.45) is 2.00. The Bertz CT molecular complexity index is 647. The molecule has 1 N–H and O–H groups in total. The van der Waals surface area contributed by atoms with Crippen LogP contribution in [-0.4, -0.2) is 48.2 Å². The first kappa shape index (κ1) is 19.4. The largest absolute Gasteiger partial charge is 0.493 e. The number of halogens is 1. The number of hydrogen-bond acceptors (Lipinski definition) is 4. The summed E-state index contributed by atoms with van der Waals surface area (Å²) >= 11 is 6.29. The number of carbonyl (C=O) groups excluding carboxylic acids is 1. The van der Waals surface area contributed by atoms with Gasteiger partial charge in [-0.25, -0.2) is 4.79 Å². The number of aliphatic carboxylic acids is 1. The number of benzene rings is 1. The Balaban J connectivity index is 2.23. The molecule has 2 rings (SSSR count). The quantitative estimate of drug-likeness (QED) is 0.796. The standard InChI is InChI=1S/C18H24ClNO5/c1-11(2)6-8-25-16-13(19)9-12(10-15(16)24-3)17(21)20-7-4-5-14(20)18(22)23/h9-11,14H,4-8H2,1-3H3,(H,22,23). The predicted octanol–water partition coefficient (Wildman–Crippen LogP) is 3.46. The molecule has 1 aliphatic rings. The predicted molar refractivity (Wildman–Crippen MR) is 94.6 cm³/mol. The highest BCUT2D eigenvalue weighted by Crippen LogP contribution is 2.37. The van der Waals surface area contributed by atoms with E-state index >= 15 is 0 Å². The molecule has 0 saturated carbocycles. The van der Waals surface area contributed by atoms with Crippen molar-refractivity contribution in [2.45, 2.75) is 39.2 Å². The van der Waals surface area contributed by atoms with Gasteiger partial charge in [-0.05, 0) is 37.3 Å². The summed E-state index contributed by atoms with van der Waals surface area (Å²) in [6, 6.07) is 2.27. The molecule has 7 heteroatoms. The fourth-order valence-electron chi connectivity index (χ4n) is 2.81. The van der Waals surface area contributed by atoms with Crippen molar-refractivity contribution in [1.29, 1.82) is 0 Å². The lowest BCUT2D eigenvalue weighted by Gasteiger charge is -2.22. The van der Waals surface area contributed by atoms with Crippen LogP contribution < -0.4 is 9.47 Å². The highest BCUT2D eigenvalue weighted by molar-refractivity contribution is 6.32. The highest BCUT2D eigenvalue weighted by Gasteiger charge is 2.35. The summed E-state index contributed by atoms with van der Waals surface area (Å²) in [6.45, 7) is 5.11. The minimum atomic E-state index is -0.988. The van der Waals surface area contributed by atoms with Crippen molar-refractivity contribution in [1.82, 2.24) is 4.90 Å². The van der Waals surface area contributed by atoms with E-state index in [1.807, 2.05) is 0 Å². The third-order valence-electron chi connectivity index (χ3n) is 4.22. The molecule has 1 fully saturated rings. The summed E-state index contributed by atoms with van der Waals surface area (Å²) in [5, 5.41) is 9.53. The van der Waals surface area contributed by atoms with Gasteiger partial charge in [-0.15, -0.1) is 0 Å². The number of carboxylic acids is 1. The second kappa shape index (κ2) is 8.43. The van der Waals surface area contributed by atoms with E-state index < -0.39 is 12.0 Å². The summed E-state index contributed by atoms with van der Waals surface area (Å²) < 4.78 is 11.0. The van der Waals surface area contributed by atoms with Gasteiger partial charge in [-0.2, -0.15) is 0 Å². The summed E-state index contributed by atoms with van der Waals surface area (Å²) in [4.78, 5) is 25.4. The van der Waals surface area contributed by atoms with Crippen LogP contribution in [0.4, 0.5) is 0 Å². The van der Waals surface area contributed by atoms with E-state index in [1.54, 1.807) is 6.07 Å². The molecule has 1 aromatic carbocycles. The number of likely N-dealkylation sites (tertiary alicyclic amines) is 1. The van der Waals surface area contributed by atoms with Crippen molar-refractivity contribution in [3.63, 3.8) is 0 Å². The zero-order valence-corrected chi connectivity index (χ0v) is 15.5. The van der Waals surface area contributed by atoms with E-state index in [0.29, 0.717) is 49.0 Å². The fraction of sp³-hybridized carbons (Fsp3) is 0.556. The highest BCUT2D eigenvalue weighted by atomic mass is 35.5. The Labute approximate surface area is 152 Å². The second-order valence-electron chi connectivity index (χ2n) is 6.52. The third-order valence-corrected chi connectivity index (χ3v) is 4.50. The van der Waals surface area contributed by atoms with Crippen molar-refractivity contribution in [3.8, 4) is 11.5 Å². The molecule has 0 spiro atoms. The van der Waals surface area contributed by atoms with E-state index in [0.717, 1.165) is 6.42 Å². The molecule has 0 radical (unpaired) electrons. The van der Waals surface area contributed by atoms with Gasteiger partial charge in [0, 0.05) is 12.1 Å². The number of methoxy groups -OCH3 is 1. The summed E-state index contributed by atoms with van der Waals surface area (Å²) in [5.74, 6) is -0.0895. The summed E-state index contributed by atoms with van der Waals surface area (Å²) in [5.41, 5.74) is 0.297. The number of carboxylic acid groups (broad SMARTS) is 1. The molecule has 1 atom stereocenters. The maximum Gasteiger partial charge on any atom is 0.326 e. The van der Waals surface area contributed by atoms with Gasteiger partial charge in [0.1, 0.15) is 6.04 Å². The van der Waals surface area contributed by atoms with E-state index in [-0.39, 0.29) is 10.9 Å². The molecule has 0 aromatic heterocycles. The van der Waals surface area contributed by atoms with E-state index in [4.69, 9.17) is 21.1 Å². The molecule has 0 bridgehead atoms. The Morgan fingerprint density at radius 2 is 2.12 bits per heavy atom. The maximum atomic E-state index is 12.7. The second-order valence-corrected chi connectivity index (χ2v) is 6.92.